The Kier molecular flexibility index (Phi) is 5.11. The first-order chi connectivity index (χ1) is 12.5. The van der Waals surface area contributed by atoms with Gasteiger partial charge in [-0.05, 0) is 25.1 Å². The number of para-hydroxylation sites is 2. The van der Waals surface area contributed by atoms with Crippen molar-refractivity contribution < 1.29 is 19.1 Å². The van der Waals surface area contributed by atoms with E-state index in [0.29, 0.717) is 30.3 Å². The zero-order valence-electron chi connectivity index (χ0n) is 15.1. The second kappa shape index (κ2) is 7.47. The molecule has 26 heavy (non-hydrogen) atoms. The SMILES string of the molecule is COc1ccccc1OCc1cc(C(=O)N2CCN(C)C(=O)C2C)n[nH]1. The number of carbonyl (C=O) groups is 2. The molecule has 0 spiro atoms. The molecule has 0 bridgehead atoms. The first-order valence-electron chi connectivity index (χ1n) is 8.37. The number of likely N-dealkylation sites (N-methyl/N-ethyl adjacent to an activating group) is 1. The summed E-state index contributed by atoms with van der Waals surface area (Å²) in [6.07, 6.45) is 0. The Morgan fingerprint density at radius 2 is 2.04 bits per heavy atom. The van der Waals surface area contributed by atoms with Crippen LogP contribution in [0.3, 0.4) is 0 Å². The van der Waals surface area contributed by atoms with Crippen LogP contribution in [0, 0.1) is 0 Å². The van der Waals surface area contributed by atoms with E-state index in [2.05, 4.69) is 10.2 Å². The number of nitrogens with zero attached hydrogens (tertiary/aromatic N) is 3. The first kappa shape index (κ1) is 17.8. The van der Waals surface area contributed by atoms with E-state index in [1.807, 2.05) is 18.2 Å². The molecule has 2 amide bonds. The number of benzene rings is 1. The number of aromatic amines is 1. The highest BCUT2D eigenvalue weighted by atomic mass is 16.5. The molecular formula is C18H22N4O4. The van der Waals surface area contributed by atoms with Gasteiger partial charge in [0.15, 0.2) is 17.2 Å². The summed E-state index contributed by atoms with van der Waals surface area (Å²) in [5.41, 5.74) is 0.931. The standard InChI is InChI=1S/C18H22N4O4/c1-12-17(23)21(2)8-9-22(12)18(24)14-10-13(19-20-14)11-26-16-7-5-4-6-15(16)25-3/h4-7,10,12H,8-9,11H2,1-3H3,(H,19,20). The van der Waals surface area contributed by atoms with Crippen molar-refractivity contribution in [1.82, 2.24) is 20.0 Å². The van der Waals surface area contributed by atoms with Crippen LogP contribution in [-0.4, -0.2) is 65.1 Å². The Labute approximate surface area is 151 Å². The van der Waals surface area contributed by atoms with Gasteiger partial charge in [-0.15, -0.1) is 0 Å². The number of nitrogens with one attached hydrogen (secondary N) is 1. The molecule has 1 aromatic carbocycles. The van der Waals surface area contributed by atoms with Crippen molar-refractivity contribution in [3.05, 3.63) is 41.7 Å². The molecule has 1 aromatic heterocycles. The van der Waals surface area contributed by atoms with E-state index in [9.17, 15) is 9.59 Å². The van der Waals surface area contributed by atoms with Gasteiger partial charge in [0, 0.05) is 20.1 Å². The molecule has 1 N–H and O–H groups in total. The van der Waals surface area contributed by atoms with Crippen molar-refractivity contribution in [2.24, 2.45) is 0 Å². The number of piperazine rings is 1. The molecule has 0 saturated carbocycles. The fraction of sp³-hybridized carbons (Fsp3) is 0.389. The summed E-state index contributed by atoms with van der Waals surface area (Å²) >= 11 is 0. The van der Waals surface area contributed by atoms with Crippen molar-refractivity contribution >= 4 is 11.8 Å². The van der Waals surface area contributed by atoms with Crippen LogP contribution in [0.2, 0.25) is 0 Å². The van der Waals surface area contributed by atoms with Crippen LogP contribution < -0.4 is 9.47 Å². The number of carbonyl (C=O) groups excluding carboxylic acids is 2. The third kappa shape index (κ3) is 3.49. The minimum absolute atomic E-state index is 0.0696. The van der Waals surface area contributed by atoms with Gasteiger partial charge in [-0.3, -0.25) is 14.7 Å². The summed E-state index contributed by atoms with van der Waals surface area (Å²) < 4.78 is 11.0. The van der Waals surface area contributed by atoms with Crippen molar-refractivity contribution in [2.75, 3.05) is 27.2 Å². The predicted octanol–water partition coefficient (Wildman–Crippen LogP) is 1.30. The zero-order chi connectivity index (χ0) is 18.7. The van der Waals surface area contributed by atoms with Gasteiger partial charge >= 0.3 is 0 Å². The smallest absolute Gasteiger partial charge is 0.275 e. The lowest BCUT2D eigenvalue weighted by Gasteiger charge is -2.36. The zero-order valence-corrected chi connectivity index (χ0v) is 15.1. The minimum Gasteiger partial charge on any atom is -0.493 e. The summed E-state index contributed by atoms with van der Waals surface area (Å²) in [5, 5.41) is 6.88. The monoisotopic (exact) mass is 358 g/mol. The van der Waals surface area contributed by atoms with E-state index in [-0.39, 0.29) is 24.1 Å². The van der Waals surface area contributed by atoms with Gasteiger partial charge in [0.2, 0.25) is 5.91 Å². The van der Waals surface area contributed by atoms with Crippen molar-refractivity contribution in [1.29, 1.82) is 0 Å². The van der Waals surface area contributed by atoms with E-state index in [1.165, 1.54) is 0 Å². The topological polar surface area (TPSA) is 87.8 Å². The molecule has 2 heterocycles. The summed E-state index contributed by atoms with van der Waals surface area (Å²) in [5.74, 6) is 0.905. The number of H-pyrrole nitrogens is 1. The highest BCUT2D eigenvalue weighted by molar-refractivity contribution is 5.96. The van der Waals surface area contributed by atoms with Crippen LogP contribution in [0.1, 0.15) is 23.1 Å². The average Bonchev–Trinajstić information content (AvgIpc) is 3.13. The molecule has 138 valence electrons. The lowest BCUT2D eigenvalue weighted by molar-refractivity contribution is -0.137. The Balaban J connectivity index is 1.66. The molecule has 3 rings (SSSR count). The fourth-order valence-electron chi connectivity index (χ4n) is 2.88. The molecule has 0 radical (unpaired) electrons. The minimum atomic E-state index is -0.494. The van der Waals surface area contributed by atoms with Crippen LogP contribution in [0.15, 0.2) is 30.3 Å². The average molecular weight is 358 g/mol. The number of aromatic nitrogens is 2. The Morgan fingerprint density at radius 1 is 1.31 bits per heavy atom. The van der Waals surface area contributed by atoms with Crippen LogP contribution in [0.25, 0.3) is 0 Å². The summed E-state index contributed by atoms with van der Waals surface area (Å²) in [4.78, 5) is 27.9. The molecule has 8 heteroatoms. The predicted molar refractivity (Wildman–Crippen MR) is 94.0 cm³/mol. The number of rotatable bonds is 5. The van der Waals surface area contributed by atoms with Gasteiger partial charge in [0.1, 0.15) is 12.6 Å². The molecule has 1 unspecified atom stereocenters. The van der Waals surface area contributed by atoms with Gasteiger partial charge < -0.3 is 19.3 Å². The largest absolute Gasteiger partial charge is 0.493 e. The maximum Gasteiger partial charge on any atom is 0.275 e. The number of methoxy groups -OCH3 is 1. The lowest BCUT2D eigenvalue weighted by Crippen LogP contribution is -2.56. The van der Waals surface area contributed by atoms with Gasteiger partial charge in [0.25, 0.3) is 5.91 Å². The molecule has 1 aliphatic heterocycles. The Hall–Kier alpha value is -3.03. The van der Waals surface area contributed by atoms with E-state index in [4.69, 9.17) is 9.47 Å². The van der Waals surface area contributed by atoms with Crippen molar-refractivity contribution in [2.45, 2.75) is 19.6 Å². The number of ether oxygens (including phenoxy) is 2. The Bertz CT molecular complexity index is 804. The van der Waals surface area contributed by atoms with Crippen LogP contribution in [-0.2, 0) is 11.4 Å². The van der Waals surface area contributed by atoms with E-state index in [1.54, 1.807) is 43.0 Å². The van der Waals surface area contributed by atoms with Crippen molar-refractivity contribution in [3.8, 4) is 11.5 Å². The Morgan fingerprint density at radius 3 is 2.77 bits per heavy atom. The summed E-state index contributed by atoms with van der Waals surface area (Å²) in [6, 6.07) is 8.48. The van der Waals surface area contributed by atoms with Gasteiger partial charge in [-0.2, -0.15) is 5.10 Å². The van der Waals surface area contributed by atoms with E-state index < -0.39 is 6.04 Å². The molecule has 1 fully saturated rings. The molecular weight excluding hydrogens is 336 g/mol. The van der Waals surface area contributed by atoms with Crippen LogP contribution in [0.5, 0.6) is 11.5 Å². The van der Waals surface area contributed by atoms with Crippen LogP contribution >= 0.6 is 0 Å². The maximum atomic E-state index is 12.7. The third-order valence-electron chi connectivity index (χ3n) is 4.44. The summed E-state index contributed by atoms with van der Waals surface area (Å²) in [6.45, 7) is 2.96. The highest BCUT2D eigenvalue weighted by Crippen LogP contribution is 2.26. The lowest BCUT2D eigenvalue weighted by atomic mass is 10.1. The summed E-state index contributed by atoms with van der Waals surface area (Å²) in [7, 11) is 3.32. The molecule has 1 saturated heterocycles. The van der Waals surface area contributed by atoms with Gasteiger partial charge in [-0.1, -0.05) is 12.1 Å². The van der Waals surface area contributed by atoms with E-state index >= 15 is 0 Å². The number of hydrogen-bond acceptors (Lipinski definition) is 5. The number of hydrogen-bond donors (Lipinski definition) is 1. The maximum absolute atomic E-state index is 12.7. The molecule has 0 aliphatic carbocycles. The second-order valence-corrected chi connectivity index (χ2v) is 6.15. The van der Waals surface area contributed by atoms with Gasteiger partial charge in [0.05, 0.1) is 12.8 Å². The normalized spacial score (nSPS) is 17.3. The molecule has 1 aliphatic rings. The molecule has 1 atom stereocenters. The number of amides is 2. The third-order valence-corrected chi connectivity index (χ3v) is 4.44. The first-order valence-corrected chi connectivity index (χ1v) is 8.37. The second-order valence-electron chi connectivity index (χ2n) is 6.15. The van der Waals surface area contributed by atoms with Crippen LogP contribution in [0.4, 0.5) is 0 Å². The van der Waals surface area contributed by atoms with E-state index in [0.717, 1.165) is 0 Å². The molecule has 2 aromatic rings. The van der Waals surface area contributed by atoms with Gasteiger partial charge in [-0.25, -0.2) is 0 Å². The molecule has 8 nitrogen and oxygen atoms in total. The van der Waals surface area contributed by atoms with Crippen molar-refractivity contribution in [3.63, 3.8) is 0 Å². The highest BCUT2D eigenvalue weighted by Gasteiger charge is 2.33. The fourth-order valence-corrected chi connectivity index (χ4v) is 2.88. The quantitative estimate of drug-likeness (QED) is 0.870.